The molecule has 0 aromatic heterocycles. The van der Waals surface area contributed by atoms with Gasteiger partial charge in [-0.2, -0.15) is 0 Å². The Labute approximate surface area is 138 Å². The van der Waals surface area contributed by atoms with Crippen LogP contribution in [0.4, 0.5) is 0 Å². The molecule has 5 nitrogen and oxygen atoms in total. The second-order valence-electron chi connectivity index (χ2n) is 7.22. The Morgan fingerprint density at radius 1 is 1.09 bits per heavy atom. The van der Waals surface area contributed by atoms with Gasteiger partial charge in [0.1, 0.15) is 0 Å². The lowest BCUT2D eigenvalue weighted by Crippen LogP contribution is -2.34. The summed E-state index contributed by atoms with van der Waals surface area (Å²) in [5, 5.41) is 6.20. The van der Waals surface area contributed by atoms with Gasteiger partial charge in [-0.3, -0.25) is 9.59 Å². The molecular weight excluding hydrogens is 290 g/mol. The Hall–Kier alpha value is -1.88. The lowest BCUT2D eigenvalue weighted by atomic mass is 9.97. The quantitative estimate of drug-likeness (QED) is 0.895. The highest BCUT2D eigenvalue weighted by atomic mass is 16.2. The standard InChI is InChI=1S/C18H27N3O2/c1-18(2,3)13-20-16(22)14-5-7-15(8-6-14)17(23)21-11-4-9-19-10-12-21/h5-8,19H,4,9-13H2,1-3H3,(H,20,22). The second kappa shape index (κ2) is 7.59. The molecular formula is C18H27N3O2. The molecule has 1 saturated heterocycles. The summed E-state index contributed by atoms with van der Waals surface area (Å²) in [7, 11) is 0. The summed E-state index contributed by atoms with van der Waals surface area (Å²) in [4.78, 5) is 26.5. The molecule has 1 fully saturated rings. The van der Waals surface area contributed by atoms with Crippen LogP contribution < -0.4 is 10.6 Å². The molecule has 5 heteroatoms. The summed E-state index contributed by atoms with van der Waals surface area (Å²) < 4.78 is 0. The van der Waals surface area contributed by atoms with Crippen molar-refractivity contribution in [1.29, 1.82) is 0 Å². The molecule has 126 valence electrons. The van der Waals surface area contributed by atoms with Crippen molar-refractivity contribution in [3.05, 3.63) is 35.4 Å². The molecule has 0 atom stereocenters. The van der Waals surface area contributed by atoms with E-state index in [-0.39, 0.29) is 17.2 Å². The first-order valence-corrected chi connectivity index (χ1v) is 8.25. The van der Waals surface area contributed by atoms with Gasteiger partial charge in [0.15, 0.2) is 0 Å². The van der Waals surface area contributed by atoms with Crippen LogP contribution in [0.5, 0.6) is 0 Å². The molecule has 23 heavy (non-hydrogen) atoms. The van der Waals surface area contributed by atoms with Gasteiger partial charge in [-0.05, 0) is 42.6 Å². The summed E-state index contributed by atoms with van der Waals surface area (Å²) in [6, 6.07) is 6.93. The van der Waals surface area contributed by atoms with Crippen molar-refractivity contribution in [1.82, 2.24) is 15.5 Å². The molecule has 0 bridgehead atoms. The van der Waals surface area contributed by atoms with Gasteiger partial charge in [-0.1, -0.05) is 20.8 Å². The van der Waals surface area contributed by atoms with E-state index in [4.69, 9.17) is 0 Å². The van der Waals surface area contributed by atoms with Crippen LogP contribution in [0.3, 0.4) is 0 Å². The molecule has 1 aliphatic rings. The largest absolute Gasteiger partial charge is 0.352 e. The molecule has 2 N–H and O–H groups in total. The molecule has 0 spiro atoms. The number of rotatable bonds is 3. The summed E-state index contributed by atoms with van der Waals surface area (Å²) in [6.45, 7) is 10.1. The maximum absolute atomic E-state index is 12.5. The molecule has 1 heterocycles. The topological polar surface area (TPSA) is 61.4 Å². The summed E-state index contributed by atoms with van der Waals surface area (Å²) in [6.07, 6.45) is 0.971. The van der Waals surface area contributed by atoms with Crippen LogP contribution in [-0.2, 0) is 0 Å². The van der Waals surface area contributed by atoms with Crippen molar-refractivity contribution in [2.75, 3.05) is 32.7 Å². The maximum Gasteiger partial charge on any atom is 0.253 e. The third-order valence-electron chi connectivity index (χ3n) is 3.80. The van der Waals surface area contributed by atoms with Crippen molar-refractivity contribution < 1.29 is 9.59 Å². The molecule has 1 aromatic carbocycles. The van der Waals surface area contributed by atoms with Crippen LogP contribution in [0.2, 0.25) is 0 Å². The Balaban J connectivity index is 1.98. The lowest BCUT2D eigenvalue weighted by Gasteiger charge is -2.20. The summed E-state index contributed by atoms with van der Waals surface area (Å²) >= 11 is 0. The minimum Gasteiger partial charge on any atom is -0.352 e. The Bertz CT molecular complexity index is 538. The molecule has 1 aliphatic heterocycles. The molecule has 2 amide bonds. The van der Waals surface area contributed by atoms with Gasteiger partial charge in [0, 0.05) is 37.3 Å². The molecule has 0 saturated carbocycles. The molecule has 2 rings (SSSR count). The van der Waals surface area contributed by atoms with E-state index < -0.39 is 0 Å². The number of hydrogen-bond donors (Lipinski definition) is 2. The smallest absolute Gasteiger partial charge is 0.253 e. The van der Waals surface area contributed by atoms with E-state index in [1.165, 1.54) is 0 Å². The predicted molar refractivity (Wildman–Crippen MR) is 91.6 cm³/mol. The van der Waals surface area contributed by atoms with Crippen LogP contribution >= 0.6 is 0 Å². The SMILES string of the molecule is CC(C)(C)CNC(=O)c1ccc(C(=O)N2CCCNCC2)cc1. The first-order valence-electron chi connectivity index (χ1n) is 8.25. The van der Waals surface area contributed by atoms with Crippen LogP contribution in [0.15, 0.2) is 24.3 Å². The van der Waals surface area contributed by atoms with Crippen LogP contribution in [0.1, 0.15) is 47.9 Å². The Morgan fingerprint density at radius 2 is 1.74 bits per heavy atom. The molecule has 0 radical (unpaired) electrons. The highest BCUT2D eigenvalue weighted by Crippen LogP contribution is 2.12. The first kappa shape index (κ1) is 17.5. The number of carbonyl (C=O) groups excluding carboxylic acids is 2. The fourth-order valence-corrected chi connectivity index (χ4v) is 2.44. The van der Waals surface area contributed by atoms with E-state index in [0.717, 1.165) is 32.6 Å². The normalized spacial score (nSPS) is 15.9. The molecule has 1 aromatic rings. The zero-order valence-corrected chi connectivity index (χ0v) is 14.3. The van der Waals surface area contributed by atoms with Gasteiger partial charge in [0.05, 0.1) is 0 Å². The van der Waals surface area contributed by atoms with Crippen molar-refractivity contribution in [2.24, 2.45) is 5.41 Å². The number of hydrogen-bond acceptors (Lipinski definition) is 3. The van der Waals surface area contributed by atoms with Gasteiger partial charge >= 0.3 is 0 Å². The van der Waals surface area contributed by atoms with Gasteiger partial charge in [0.25, 0.3) is 11.8 Å². The average molecular weight is 317 g/mol. The Kier molecular flexibility index (Phi) is 5.77. The van der Waals surface area contributed by atoms with Crippen molar-refractivity contribution in [3.8, 4) is 0 Å². The van der Waals surface area contributed by atoms with Crippen LogP contribution in [0, 0.1) is 5.41 Å². The van der Waals surface area contributed by atoms with Crippen LogP contribution in [0.25, 0.3) is 0 Å². The van der Waals surface area contributed by atoms with E-state index in [1.807, 2.05) is 4.90 Å². The number of carbonyl (C=O) groups is 2. The van der Waals surface area contributed by atoms with Crippen LogP contribution in [-0.4, -0.2) is 49.4 Å². The molecule has 0 aliphatic carbocycles. The van der Waals surface area contributed by atoms with E-state index in [9.17, 15) is 9.59 Å². The minimum absolute atomic E-state index is 0.0374. The second-order valence-corrected chi connectivity index (χ2v) is 7.22. The highest BCUT2D eigenvalue weighted by Gasteiger charge is 2.18. The average Bonchev–Trinajstić information content (AvgIpc) is 2.80. The predicted octanol–water partition coefficient (Wildman–Crippen LogP) is 1.90. The van der Waals surface area contributed by atoms with Gasteiger partial charge < -0.3 is 15.5 Å². The zero-order valence-electron chi connectivity index (χ0n) is 14.3. The van der Waals surface area contributed by atoms with Crippen molar-refractivity contribution >= 4 is 11.8 Å². The Morgan fingerprint density at radius 3 is 2.39 bits per heavy atom. The lowest BCUT2D eigenvalue weighted by molar-refractivity contribution is 0.0765. The fourth-order valence-electron chi connectivity index (χ4n) is 2.44. The van der Waals surface area contributed by atoms with E-state index in [2.05, 4.69) is 31.4 Å². The van der Waals surface area contributed by atoms with E-state index in [1.54, 1.807) is 24.3 Å². The third-order valence-corrected chi connectivity index (χ3v) is 3.80. The number of amides is 2. The summed E-state index contributed by atoms with van der Waals surface area (Å²) in [5.41, 5.74) is 1.27. The van der Waals surface area contributed by atoms with Crippen molar-refractivity contribution in [3.63, 3.8) is 0 Å². The van der Waals surface area contributed by atoms with E-state index >= 15 is 0 Å². The highest BCUT2D eigenvalue weighted by molar-refractivity contribution is 5.97. The van der Waals surface area contributed by atoms with Gasteiger partial charge in [-0.15, -0.1) is 0 Å². The van der Waals surface area contributed by atoms with Gasteiger partial charge in [0.2, 0.25) is 0 Å². The maximum atomic E-state index is 12.5. The number of nitrogens with zero attached hydrogens (tertiary/aromatic N) is 1. The fraction of sp³-hybridized carbons (Fsp3) is 0.556. The zero-order chi connectivity index (χ0) is 16.9. The first-order chi connectivity index (χ1) is 10.9. The van der Waals surface area contributed by atoms with Crippen molar-refractivity contribution in [2.45, 2.75) is 27.2 Å². The third kappa shape index (κ3) is 5.36. The molecule has 0 unspecified atom stereocenters. The van der Waals surface area contributed by atoms with Gasteiger partial charge in [-0.25, -0.2) is 0 Å². The number of nitrogens with one attached hydrogen (secondary N) is 2. The monoisotopic (exact) mass is 317 g/mol. The summed E-state index contributed by atoms with van der Waals surface area (Å²) in [5.74, 6) is -0.0618. The number of benzene rings is 1. The van der Waals surface area contributed by atoms with E-state index in [0.29, 0.717) is 17.7 Å². The minimum atomic E-state index is -0.0992.